The number of primary amides is 1. The Morgan fingerprint density at radius 2 is 1.91 bits per heavy atom. The number of amides is 1. The van der Waals surface area contributed by atoms with Crippen LogP contribution in [0.2, 0.25) is 0 Å². The van der Waals surface area contributed by atoms with E-state index in [1.54, 1.807) is 18.4 Å². The maximum Gasteiger partial charge on any atom is 0.324 e. The molecule has 5 nitrogen and oxygen atoms in total. The molecule has 1 aromatic heterocycles. The molecule has 0 aliphatic heterocycles. The number of fused-ring (bicyclic) bond motifs is 1. The number of carbonyl (C=O) groups excluding carboxylic acids is 1. The van der Waals surface area contributed by atoms with Crippen LogP contribution in [0.3, 0.4) is 0 Å². The largest absolute Gasteiger partial charge is 0.609 e. The maximum atomic E-state index is 11.9. The van der Waals surface area contributed by atoms with Gasteiger partial charge in [-0.15, -0.1) is 0 Å². The van der Waals surface area contributed by atoms with Gasteiger partial charge in [0.1, 0.15) is 6.26 Å². The predicted molar refractivity (Wildman–Crippen MR) is 86.1 cm³/mol. The molecule has 0 aliphatic carbocycles. The first-order chi connectivity index (χ1) is 10.6. The van der Waals surface area contributed by atoms with Crippen LogP contribution in [0.1, 0.15) is 15.9 Å². The molecule has 3 aromatic rings. The van der Waals surface area contributed by atoms with Gasteiger partial charge in [-0.1, -0.05) is 24.3 Å². The Bertz CT molecular complexity index is 825. The van der Waals surface area contributed by atoms with E-state index in [-0.39, 0.29) is 0 Å². The lowest BCUT2D eigenvalue weighted by Crippen LogP contribution is -2.12. The van der Waals surface area contributed by atoms with E-state index in [1.165, 1.54) is 0 Å². The normalized spacial score (nSPS) is 12.5. The minimum atomic E-state index is -1.18. The molecule has 0 bridgehead atoms. The van der Waals surface area contributed by atoms with Crippen LogP contribution in [0, 0.1) is 0 Å². The van der Waals surface area contributed by atoms with Crippen molar-refractivity contribution in [2.24, 2.45) is 5.73 Å². The van der Waals surface area contributed by atoms with Gasteiger partial charge in [-0.25, -0.2) is 0 Å². The predicted octanol–water partition coefficient (Wildman–Crippen LogP) is 1.92. The van der Waals surface area contributed by atoms with Gasteiger partial charge in [-0.05, 0) is 29.8 Å². The molecule has 0 aliphatic rings. The first-order valence-corrected chi connectivity index (χ1v) is 8.29. The smallest absolute Gasteiger partial charge is 0.324 e. The highest BCUT2D eigenvalue weighted by Crippen LogP contribution is 2.21. The van der Waals surface area contributed by atoms with Crippen molar-refractivity contribution in [2.75, 3.05) is 6.26 Å². The van der Waals surface area contributed by atoms with E-state index >= 15 is 0 Å². The summed E-state index contributed by atoms with van der Waals surface area (Å²) in [7, 11) is 0. The van der Waals surface area contributed by atoms with Crippen molar-refractivity contribution in [3.8, 4) is 0 Å². The van der Waals surface area contributed by atoms with Gasteiger partial charge in [0.15, 0.2) is 0 Å². The fourth-order valence-electron chi connectivity index (χ4n) is 2.38. The average molecular weight is 313 g/mol. The third kappa shape index (κ3) is 2.70. The van der Waals surface area contributed by atoms with Gasteiger partial charge in [0.2, 0.25) is 5.91 Å². The Balaban J connectivity index is 2.02. The lowest BCUT2D eigenvalue weighted by molar-refractivity contribution is 0.100. The van der Waals surface area contributed by atoms with Crippen LogP contribution in [-0.4, -0.2) is 26.3 Å². The molecule has 6 heteroatoms. The molecule has 2 aromatic carbocycles. The second-order valence-corrected chi connectivity index (χ2v) is 6.26. The Morgan fingerprint density at radius 3 is 2.55 bits per heavy atom. The number of benzene rings is 2. The summed E-state index contributed by atoms with van der Waals surface area (Å²) >= 11 is -1.18. The van der Waals surface area contributed by atoms with Gasteiger partial charge in [0.05, 0.1) is 17.6 Å². The van der Waals surface area contributed by atoms with Gasteiger partial charge >= 0.3 is 5.16 Å². The summed E-state index contributed by atoms with van der Waals surface area (Å²) in [5, 5.41) is 0.542. The maximum absolute atomic E-state index is 11.9. The van der Waals surface area contributed by atoms with Crippen molar-refractivity contribution in [1.29, 1.82) is 0 Å². The van der Waals surface area contributed by atoms with Crippen molar-refractivity contribution in [3.63, 3.8) is 0 Å². The van der Waals surface area contributed by atoms with Gasteiger partial charge in [0, 0.05) is 16.7 Å². The van der Waals surface area contributed by atoms with E-state index in [4.69, 9.17) is 5.73 Å². The summed E-state index contributed by atoms with van der Waals surface area (Å²) in [5.74, 6) is -0.449. The quantitative estimate of drug-likeness (QED) is 0.747. The van der Waals surface area contributed by atoms with Gasteiger partial charge in [-0.3, -0.25) is 9.36 Å². The Kier molecular flexibility index (Phi) is 3.87. The highest BCUT2D eigenvalue weighted by Gasteiger charge is 2.18. The van der Waals surface area contributed by atoms with Crippen molar-refractivity contribution < 1.29 is 9.35 Å². The molecule has 0 fully saturated rings. The molecule has 1 amide bonds. The number of carbonyl (C=O) groups is 1. The van der Waals surface area contributed by atoms with Crippen LogP contribution in [0.4, 0.5) is 0 Å². The molecular formula is C16H15N3O2S. The summed E-state index contributed by atoms with van der Waals surface area (Å²) < 4.78 is 13.9. The standard InChI is InChI=1S/C16H15N3O2S/c1-22(21)16-18-13-4-2-3-5-14(13)19(16)10-11-6-8-12(9-7-11)15(17)20/h2-9H,10H2,1H3,(H2,17,20). The van der Waals surface area contributed by atoms with Crippen LogP contribution < -0.4 is 5.73 Å². The molecule has 0 radical (unpaired) electrons. The van der Waals surface area contributed by atoms with Crippen LogP contribution in [0.15, 0.2) is 53.7 Å². The van der Waals surface area contributed by atoms with E-state index in [2.05, 4.69) is 4.98 Å². The highest BCUT2D eigenvalue weighted by molar-refractivity contribution is 7.90. The lowest BCUT2D eigenvalue weighted by Gasteiger charge is -2.09. The minimum absolute atomic E-state index is 0.449. The molecule has 0 saturated carbocycles. The number of rotatable bonds is 4. The van der Waals surface area contributed by atoms with Crippen molar-refractivity contribution >= 4 is 28.1 Å². The monoisotopic (exact) mass is 313 g/mol. The second-order valence-electron chi connectivity index (χ2n) is 4.98. The fraction of sp³-hybridized carbons (Fsp3) is 0.125. The number of aromatic nitrogens is 2. The molecule has 1 heterocycles. The molecule has 0 spiro atoms. The molecule has 112 valence electrons. The number of imidazole rings is 1. The number of nitrogens with zero attached hydrogens (tertiary/aromatic N) is 2. The molecule has 0 saturated heterocycles. The number of hydrogen-bond acceptors (Lipinski definition) is 3. The Hall–Kier alpha value is -2.31. The molecule has 3 rings (SSSR count). The summed E-state index contributed by atoms with van der Waals surface area (Å²) in [6.45, 7) is 0.536. The van der Waals surface area contributed by atoms with Gasteiger partial charge in [0.25, 0.3) is 0 Å². The first-order valence-electron chi connectivity index (χ1n) is 6.73. The van der Waals surface area contributed by atoms with Crippen molar-refractivity contribution in [1.82, 2.24) is 9.55 Å². The first kappa shape index (κ1) is 14.6. The third-order valence-corrected chi connectivity index (χ3v) is 4.28. The summed E-state index contributed by atoms with van der Waals surface area (Å²) in [6.07, 6.45) is 1.62. The lowest BCUT2D eigenvalue weighted by atomic mass is 10.1. The molecule has 1 atom stereocenters. The van der Waals surface area contributed by atoms with E-state index in [0.29, 0.717) is 17.3 Å². The van der Waals surface area contributed by atoms with Crippen molar-refractivity contribution in [3.05, 3.63) is 59.7 Å². The topological polar surface area (TPSA) is 84.0 Å². The SMILES string of the molecule is C[S+]([O-])c1nc2ccccc2n1Cc1ccc(C(N)=O)cc1. The number of nitrogens with two attached hydrogens (primary N) is 1. The van der Waals surface area contributed by atoms with Crippen LogP contribution in [0.5, 0.6) is 0 Å². The summed E-state index contributed by atoms with van der Waals surface area (Å²) in [4.78, 5) is 15.6. The minimum Gasteiger partial charge on any atom is -0.609 e. The molecule has 1 unspecified atom stereocenters. The van der Waals surface area contributed by atoms with Gasteiger partial charge < -0.3 is 10.3 Å². The Labute approximate surface area is 130 Å². The second kappa shape index (κ2) is 5.82. The van der Waals surface area contributed by atoms with E-state index in [0.717, 1.165) is 16.6 Å². The average Bonchev–Trinajstić information content (AvgIpc) is 2.87. The van der Waals surface area contributed by atoms with Crippen LogP contribution >= 0.6 is 0 Å². The highest BCUT2D eigenvalue weighted by atomic mass is 32.2. The van der Waals surface area contributed by atoms with Gasteiger partial charge in [-0.2, -0.15) is 4.98 Å². The summed E-state index contributed by atoms with van der Waals surface area (Å²) in [5.41, 5.74) is 8.46. The zero-order valence-electron chi connectivity index (χ0n) is 12.0. The van der Waals surface area contributed by atoms with Crippen LogP contribution in [0.25, 0.3) is 11.0 Å². The number of para-hydroxylation sites is 2. The zero-order valence-corrected chi connectivity index (χ0v) is 12.8. The molecule has 2 N–H and O–H groups in total. The van der Waals surface area contributed by atoms with Crippen LogP contribution in [-0.2, 0) is 17.7 Å². The third-order valence-electron chi connectivity index (χ3n) is 3.46. The summed E-state index contributed by atoms with van der Waals surface area (Å²) in [6, 6.07) is 14.8. The fourth-order valence-corrected chi connectivity index (χ4v) is 3.08. The molecule has 22 heavy (non-hydrogen) atoms. The Morgan fingerprint density at radius 1 is 1.23 bits per heavy atom. The van der Waals surface area contributed by atoms with E-state index in [9.17, 15) is 9.35 Å². The number of hydrogen-bond donors (Lipinski definition) is 1. The zero-order chi connectivity index (χ0) is 15.7. The molecular weight excluding hydrogens is 298 g/mol. The van der Waals surface area contributed by atoms with E-state index < -0.39 is 17.1 Å². The van der Waals surface area contributed by atoms with E-state index in [1.807, 2.05) is 41.0 Å². The van der Waals surface area contributed by atoms with Crippen molar-refractivity contribution in [2.45, 2.75) is 11.7 Å².